The summed E-state index contributed by atoms with van der Waals surface area (Å²) in [5.41, 5.74) is 3.43. The Hall–Kier alpha value is -2.29. The highest BCUT2D eigenvalue weighted by atomic mass is 32.2. The van der Waals surface area contributed by atoms with Crippen LogP contribution in [-0.4, -0.2) is 61.1 Å². The summed E-state index contributed by atoms with van der Waals surface area (Å²) < 4.78 is 28.6. The molecule has 5 nitrogen and oxygen atoms in total. The Bertz CT molecular complexity index is 1210. The van der Waals surface area contributed by atoms with Crippen LogP contribution in [0.3, 0.4) is 0 Å². The first-order valence-corrected chi connectivity index (χ1v) is 14.1. The van der Waals surface area contributed by atoms with E-state index in [1.165, 1.54) is 11.3 Å². The van der Waals surface area contributed by atoms with E-state index in [1.807, 2.05) is 23.6 Å². The first-order chi connectivity index (χ1) is 16.6. The molecule has 0 amide bonds. The lowest BCUT2D eigenvalue weighted by molar-refractivity contribution is -0.0553. The molecule has 1 aromatic heterocycles. The number of benzene rings is 2. The van der Waals surface area contributed by atoms with Crippen LogP contribution in [0.4, 0.5) is 0 Å². The van der Waals surface area contributed by atoms with Crippen molar-refractivity contribution in [1.29, 1.82) is 0 Å². The number of hydrogen-bond acceptors (Lipinski definition) is 5. The number of sulfonamides is 1. The SMILES string of the molecule is O=S(=O)(c1cccs1)N1CCCCN2[C@H](C1)[C@@H](c1ccc(/C=C/c3ccccc3)cc1)[C@@H]2CO. The molecule has 3 heterocycles. The van der Waals surface area contributed by atoms with Crippen molar-refractivity contribution in [2.24, 2.45) is 0 Å². The molecule has 5 rings (SSSR count). The Labute approximate surface area is 206 Å². The van der Waals surface area contributed by atoms with Gasteiger partial charge in [-0.1, -0.05) is 72.8 Å². The predicted molar refractivity (Wildman–Crippen MR) is 138 cm³/mol. The average Bonchev–Trinajstić information content (AvgIpc) is 3.39. The van der Waals surface area contributed by atoms with Crippen molar-refractivity contribution in [3.05, 3.63) is 88.8 Å². The van der Waals surface area contributed by atoms with E-state index in [2.05, 4.69) is 53.5 Å². The van der Waals surface area contributed by atoms with Crippen molar-refractivity contribution in [3.63, 3.8) is 0 Å². The molecule has 0 radical (unpaired) electrons. The second-order valence-electron chi connectivity index (χ2n) is 8.99. The quantitative estimate of drug-likeness (QED) is 0.512. The summed E-state index contributed by atoms with van der Waals surface area (Å²) >= 11 is 1.27. The van der Waals surface area contributed by atoms with Crippen LogP contribution >= 0.6 is 11.3 Å². The molecule has 2 fully saturated rings. The van der Waals surface area contributed by atoms with Crippen molar-refractivity contribution in [2.75, 3.05) is 26.2 Å². The molecule has 3 atom stereocenters. The lowest BCUT2D eigenvalue weighted by Crippen LogP contribution is -2.67. The van der Waals surface area contributed by atoms with Gasteiger partial charge in [0.05, 0.1) is 6.61 Å². The van der Waals surface area contributed by atoms with E-state index >= 15 is 0 Å². The Morgan fingerprint density at radius 3 is 2.29 bits per heavy atom. The van der Waals surface area contributed by atoms with Crippen LogP contribution in [0, 0.1) is 0 Å². The summed E-state index contributed by atoms with van der Waals surface area (Å²) in [6, 6.07) is 22.2. The second kappa shape index (κ2) is 10.1. The van der Waals surface area contributed by atoms with Crippen molar-refractivity contribution < 1.29 is 13.5 Å². The van der Waals surface area contributed by atoms with Crippen LogP contribution < -0.4 is 0 Å². The topological polar surface area (TPSA) is 60.9 Å². The molecule has 0 spiro atoms. The van der Waals surface area contributed by atoms with Gasteiger partial charge in [-0.15, -0.1) is 11.3 Å². The average molecular weight is 495 g/mol. The third kappa shape index (κ3) is 4.63. The zero-order valence-electron chi connectivity index (χ0n) is 19.0. The largest absolute Gasteiger partial charge is 0.395 e. The molecule has 7 heteroatoms. The molecular formula is C27H30N2O3S2. The van der Waals surface area contributed by atoms with Gasteiger partial charge < -0.3 is 5.11 Å². The van der Waals surface area contributed by atoms with E-state index in [9.17, 15) is 13.5 Å². The summed E-state index contributed by atoms with van der Waals surface area (Å²) in [5, 5.41) is 12.0. The zero-order valence-corrected chi connectivity index (χ0v) is 20.7. The molecule has 34 heavy (non-hydrogen) atoms. The Morgan fingerprint density at radius 1 is 0.912 bits per heavy atom. The Balaban J connectivity index is 1.37. The van der Waals surface area contributed by atoms with Crippen LogP contribution in [0.15, 0.2) is 76.3 Å². The second-order valence-corrected chi connectivity index (χ2v) is 12.1. The van der Waals surface area contributed by atoms with Gasteiger partial charge in [0.2, 0.25) is 0 Å². The molecule has 0 unspecified atom stereocenters. The third-order valence-electron chi connectivity index (χ3n) is 7.01. The smallest absolute Gasteiger partial charge is 0.252 e. The van der Waals surface area contributed by atoms with Gasteiger partial charge in [-0.05, 0) is 47.5 Å². The van der Waals surface area contributed by atoms with Gasteiger partial charge in [-0.2, -0.15) is 4.31 Å². The Morgan fingerprint density at radius 2 is 1.62 bits per heavy atom. The van der Waals surface area contributed by atoms with Crippen molar-refractivity contribution in [1.82, 2.24) is 9.21 Å². The molecule has 1 N–H and O–H groups in total. The maximum absolute atomic E-state index is 13.3. The van der Waals surface area contributed by atoms with E-state index in [0.717, 1.165) is 36.1 Å². The predicted octanol–water partition coefficient (Wildman–Crippen LogP) is 4.53. The highest BCUT2D eigenvalue weighted by Gasteiger charge is 2.50. The third-order valence-corrected chi connectivity index (χ3v) is 10.2. The highest BCUT2D eigenvalue weighted by molar-refractivity contribution is 7.91. The molecule has 2 aromatic carbocycles. The maximum Gasteiger partial charge on any atom is 0.252 e. The molecule has 2 saturated heterocycles. The molecule has 2 aliphatic rings. The minimum absolute atomic E-state index is 0.0279. The monoisotopic (exact) mass is 494 g/mol. The number of fused-ring (bicyclic) bond motifs is 1. The van der Waals surface area contributed by atoms with Crippen molar-refractivity contribution in [3.8, 4) is 0 Å². The van der Waals surface area contributed by atoms with Crippen LogP contribution in [0.5, 0.6) is 0 Å². The van der Waals surface area contributed by atoms with Crippen LogP contribution in [0.25, 0.3) is 12.2 Å². The van der Waals surface area contributed by atoms with Gasteiger partial charge in [-0.25, -0.2) is 8.42 Å². The van der Waals surface area contributed by atoms with Gasteiger partial charge >= 0.3 is 0 Å². The van der Waals surface area contributed by atoms with Crippen molar-refractivity contribution >= 4 is 33.5 Å². The number of aliphatic hydroxyl groups is 1. The van der Waals surface area contributed by atoms with Crippen molar-refractivity contribution in [2.45, 2.75) is 35.1 Å². The van der Waals surface area contributed by atoms with Crippen LogP contribution in [0.1, 0.15) is 35.4 Å². The lowest BCUT2D eigenvalue weighted by Gasteiger charge is -2.57. The number of aliphatic hydroxyl groups excluding tert-OH is 1. The normalized spacial score (nSPS) is 24.3. The van der Waals surface area contributed by atoms with Gasteiger partial charge in [0.25, 0.3) is 10.0 Å². The zero-order chi connectivity index (χ0) is 23.5. The van der Waals surface area contributed by atoms with E-state index in [0.29, 0.717) is 17.3 Å². The van der Waals surface area contributed by atoms with Crippen LogP contribution in [0.2, 0.25) is 0 Å². The number of thiophene rings is 1. The summed E-state index contributed by atoms with van der Waals surface area (Å²) in [6.45, 7) is 1.98. The van der Waals surface area contributed by atoms with Gasteiger partial charge in [0.1, 0.15) is 4.21 Å². The minimum Gasteiger partial charge on any atom is -0.395 e. The lowest BCUT2D eigenvalue weighted by atomic mass is 9.74. The van der Waals surface area contributed by atoms with E-state index < -0.39 is 10.0 Å². The first-order valence-electron chi connectivity index (χ1n) is 11.8. The summed E-state index contributed by atoms with van der Waals surface area (Å²) in [5.74, 6) is 0.108. The van der Waals surface area contributed by atoms with Gasteiger partial charge in [0.15, 0.2) is 0 Å². The summed E-state index contributed by atoms with van der Waals surface area (Å²) in [6.07, 6.45) is 5.96. The van der Waals surface area contributed by atoms with E-state index in [1.54, 1.807) is 16.4 Å². The van der Waals surface area contributed by atoms with Gasteiger partial charge in [-0.3, -0.25) is 4.90 Å². The fourth-order valence-corrected chi connectivity index (χ4v) is 7.89. The standard InChI is InChI=1S/C27H30N2O3S2/c30-20-25-27(23-14-12-22(13-15-23)11-10-21-7-2-1-3-8-21)24-19-28(16-4-5-17-29(24)25)34(31,32)26-9-6-18-33-26/h1-3,6-15,18,24-25,27,30H,4-5,16-17,19-20H2/b11-10+/t24-,25+,27-/m1/s1. The minimum atomic E-state index is -3.50. The molecule has 178 valence electrons. The number of rotatable bonds is 6. The van der Waals surface area contributed by atoms with Crippen LogP contribution in [-0.2, 0) is 10.0 Å². The number of hydrogen-bond donors (Lipinski definition) is 1. The fourth-order valence-electron chi connectivity index (χ4n) is 5.25. The van der Waals surface area contributed by atoms with Gasteiger partial charge in [0, 0.05) is 31.1 Å². The highest BCUT2D eigenvalue weighted by Crippen LogP contribution is 2.42. The summed E-state index contributed by atoms with van der Waals surface area (Å²) in [7, 11) is -3.50. The molecular weight excluding hydrogens is 464 g/mol. The molecule has 0 bridgehead atoms. The first kappa shape index (κ1) is 23.5. The fraction of sp³-hybridized carbons (Fsp3) is 0.333. The maximum atomic E-state index is 13.3. The van der Waals surface area contributed by atoms with E-state index in [4.69, 9.17) is 0 Å². The number of nitrogens with zero attached hydrogens (tertiary/aromatic N) is 2. The van der Waals surface area contributed by atoms with E-state index in [-0.39, 0.29) is 24.6 Å². The molecule has 2 aliphatic heterocycles. The Kier molecular flexibility index (Phi) is 6.99. The molecule has 0 aliphatic carbocycles. The summed E-state index contributed by atoms with van der Waals surface area (Å²) in [4.78, 5) is 2.31. The molecule has 3 aromatic rings. The molecule has 0 saturated carbocycles.